The molecule has 1 aliphatic rings. The molecular formula is C33H27N5O6S2. The van der Waals surface area contributed by atoms with Crippen molar-refractivity contribution in [2.45, 2.75) is 17.9 Å². The molecule has 1 aliphatic heterocycles. The number of fused-ring (bicyclic) bond motifs is 1. The molecule has 0 N–H and O–H groups in total. The number of esters is 1. The van der Waals surface area contributed by atoms with Gasteiger partial charge in [0.2, 0.25) is 0 Å². The Balaban J connectivity index is 1.57. The highest BCUT2D eigenvalue weighted by Crippen LogP contribution is 2.34. The Morgan fingerprint density at radius 1 is 1.09 bits per heavy atom. The van der Waals surface area contributed by atoms with Crippen molar-refractivity contribution in [2.75, 3.05) is 20.5 Å². The summed E-state index contributed by atoms with van der Waals surface area (Å²) in [5.74, 6) is -0.449. The van der Waals surface area contributed by atoms with Crippen molar-refractivity contribution in [3.8, 4) is 22.7 Å². The molecule has 0 saturated heterocycles. The number of aromatic nitrogens is 3. The Morgan fingerprint density at radius 3 is 2.48 bits per heavy atom. The van der Waals surface area contributed by atoms with Gasteiger partial charge in [-0.15, -0.1) is 11.8 Å². The van der Waals surface area contributed by atoms with E-state index in [9.17, 15) is 19.7 Å². The molecule has 232 valence electrons. The Morgan fingerprint density at radius 2 is 1.83 bits per heavy atom. The van der Waals surface area contributed by atoms with Crippen LogP contribution in [0.3, 0.4) is 0 Å². The van der Waals surface area contributed by atoms with Gasteiger partial charge in [0.15, 0.2) is 10.6 Å². The fraction of sp³-hybridized carbons (Fsp3) is 0.152. The molecule has 0 radical (unpaired) electrons. The largest absolute Gasteiger partial charge is 0.490 e. The van der Waals surface area contributed by atoms with Crippen LogP contribution in [-0.4, -0.2) is 45.7 Å². The molecule has 0 bridgehead atoms. The minimum Gasteiger partial charge on any atom is -0.490 e. The predicted molar refractivity (Wildman–Crippen MR) is 176 cm³/mol. The van der Waals surface area contributed by atoms with Crippen LogP contribution in [0.25, 0.3) is 23.0 Å². The van der Waals surface area contributed by atoms with Gasteiger partial charge < -0.3 is 9.47 Å². The molecule has 5 aromatic rings. The van der Waals surface area contributed by atoms with Crippen molar-refractivity contribution in [3.63, 3.8) is 0 Å². The van der Waals surface area contributed by atoms with Crippen LogP contribution >= 0.6 is 23.1 Å². The van der Waals surface area contributed by atoms with E-state index in [-0.39, 0.29) is 22.6 Å². The molecule has 11 nitrogen and oxygen atoms in total. The number of nitro benzene ring substituents is 1. The first-order valence-electron chi connectivity index (χ1n) is 14.0. The van der Waals surface area contributed by atoms with Gasteiger partial charge in [0.25, 0.3) is 5.56 Å². The summed E-state index contributed by atoms with van der Waals surface area (Å²) in [6.07, 6.45) is 5.44. The van der Waals surface area contributed by atoms with E-state index in [1.54, 1.807) is 41.7 Å². The number of rotatable bonds is 8. The van der Waals surface area contributed by atoms with E-state index in [1.807, 2.05) is 60.9 Å². The number of benzene rings is 3. The lowest BCUT2D eigenvalue weighted by Crippen LogP contribution is -2.39. The number of thioether (sulfide) groups is 1. The highest BCUT2D eigenvalue weighted by Gasteiger charge is 2.33. The molecule has 3 aromatic carbocycles. The number of allylic oxidation sites excluding steroid dienone is 1. The van der Waals surface area contributed by atoms with Gasteiger partial charge in [0, 0.05) is 28.3 Å². The van der Waals surface area contributed by atoms with Crippen LogP contribution in [0.4, 0.5) is 5.69 Å². The molecule has 3 heterocycles. The molecule has 1 unspecified atom stereocenters. The first-order chi connectivity index (χ1) is 22.2. The maximum Gasteiger partial charge on any atom is 0.338 e. The summed E-state index contributed by atoms with van der Waals surface area (Å²) in [7, 11) is 2.67. The van der Waals surface area contributed by atoms with Gasteiger partial charge in [-0.3, -0.25) is 19.5 Å². The van der Waals surface area contributed by atoms with Gasteiger partial charge >= 0.3 is 11.7 Å². The van der Waals surface area contributed by atoms with Crippen molar-refractivity contribution in [3.05, 3.63) is 131 Å². The summed E-state index contributed by atoms with van der Waals surface area (Å²) < 4.78 is 13.8. The van der Waals surface area contributed by atoms with E-state index >= 15 is 0 Å². The van der Waals surface area contributed by atoms with E-state index in [2.05, 4.69) is 4.99 Å². The number of nitrogens with zero attached hydrogens (tertiary/aromatic N) is 5. The molecule has 46 heavy (non-hydrogen) atoms. The normalized spacial score (nSPS) is 14.5. The highest BCUT2D eigenvalue weighted by atomic mass is 32.2. The smallest absolute Gasteiger partial charge is 0.338 e. The zero-order valence-electron chi connectivity index (χ0n) is 25.2. The Bertz CT molecular complexity index is 2200. The Kier molecular flexibility index (Phi) is 8.43. The van der Waals surface area contributed by atoms with Crippen LogP contribution in [0.15, 0.2) is 105 Å². The zero-order valence-corrected chi connectivity index (χ0v) is 26.8. The number of hydrogen-bond donors (Lipinski definition) is 0. The summed E-state index contributed by atoms with van der Waals surface area (Å²) in [5, 5.41) is 16.6. The molecule has 0 saturated carbocycles. The SMILES string of the molecule is COC(=O)C1=C(C)N=c2sc(=Cc3cn(-c4ccccc4)nc3-c3ccc(OC)c([N+](=O)[O-])c3)c(=O)n2C1c1ccc(SC)cc1. The van der Waals surface area contributed by atoms with Crippen molar-refractivity contribution in [1.82, 2.24) is 14.3 Å². The molecule has 0 aliphatic carbocycles. The highest BCUT2D eigenvalue weighted by molar-refractivity contribution is 7.98. The zero-order chi connectivity index (χ0) is 32.5. The average molecular weight is 654 g/mol. The van der Waals surface area contributed by atoms with Crippen LogP contribution in [0.5, 0.6) is 5.75 Å². The molecular weight excluding hydrogens is 627 g/mol. The summed E-state index contributed by atoms with van der Waals surface area (Å²) in [5.41, 5.74) is 3.13. The Hall–Kier alpha value is -5.27. The van der Waals surface area contributed by atoms with E-state index in [0.717, 1.165) is 16.1 Å². The second-order valence-electron chi connectivity index (χ2n) is 10.2. The molecule has 0 spiro atoms. The molecule has 6 rings (SSSR count). The number of hydrogen-bond acceptors (Lipinski definition) is 10. The fourth-order valence-corrected chi connectivity index (χ4v) is 6.79. The lowest BCUT2D eigenvalue weighted by Gasteiger charge is -2.24. The number of methoxy groups -OCH3 is 2. The summed E-state index contributed by atoms with van der Waals surface area (Å²) in [6.45, 7) is 1.73. The van der Waals surface area contributed by atoms with Gasteiger partial charge in [0.05, 0.1) is 46.7 Å². The summed E-state index contributed by atoms with van der Waals surface area (Å²) in [4.78, 5) is 44.7. The minimum atomic E-state index is -0.752. The fourth-order valence-electron chi connectivity index (χ4n) is 5.35. The molecule has 0 amide bonds. The van der Waals surface area contributed by atoms with Crippen LogP contribution in [0.2, 0.25) is 0 Å². The topological polar surface area (TPSA) is 131 Å². The van der Waals surface area contributed by atoms with Gasteiger partial charge in [-0.05, 0) is 61.2 Å². The van der Waals surface area contributed by atoms with E-state index in [4.69, 9.17) is 14.6 Å². The lowest BCUT2D eigenvalue weighted by molar-refractivity contribution is -0.385. The maximum atomic E-state index is 14.2. The molecule has 1 atom stereocenters. The molecule has 0 fully saturated rings. The Labute approximate surface area is 270 Å². The third kappa shape index (κ3) is 5.54. The first kappa shape index (κ1) is 30.7. The quantitative estimate of drug-likeness (QED) is 0.100. The lowest BCUT2D eigenvalue weighted by atomic mass is 9.96. The molecule has 2 aromatic heterocycles. The van der Waals surface area contributed by atoms with Gasteiger partial charge in [-0.1, -0.05) is 41.7 Å². The summed E-state index contributed by atoms with van der Waals surface area (Å²) in [6, 6.07) is 20.9. The van der Waals surface area contributed by atoms with Gasteiger partial charge in [-0.25, -0.2) is 14.5 Å². The number of para-hydroxylation sites is 1. The second kappa shape index (κ2) is 12.6. The van der Waals surface area contributed by atoms with Crippen molar-refractivity contribution in [1.29, 1.82) is 0 Å². The maximum absolute atomic E-state index is 14.2. The van der Waals surface area contributed by atoms with Crippen molar-refractivity contribution < 1.29 is 19.2 Å². The minimum absolute atomic E-state index is 0.119. The average Bonchev–Trinajstić information content (AvgIpc) is 3.64. The number of thiazole rings is 1. The second-order valence-corrected chi connectivity index (χ2v) is 12.1. The standard InChI is InChI=1S/C33H27N5O6S2/c1-19-28(32(40)44-3)30(20-10-13-24(45-4)14-11-20)37-31(39)27(46-33(37)34-19)17-22-18-36(23-8-6-5-7-9-23)35-29(22)21-12-15-26(43-2)25(16-21)38(41)42/h5-18,30H,1-4H3. The monoisotopic (exact) mass is 653 g/mol. The molecule has 13 heteroatoms. The van der Waals surface area contributed by atoms with Crippen molar-refractivity contribution >= 4 is 40.8 Å². The number of ether oxygens (including phenoxy) is 2. The summed E-state index contributed by atoms with van der Waals surface area (Å²) >= 11 is 2.77. The van der Waals surface area contributed by atoms with Crippen LogP contribution in [-0.2, 0) is 9.53 Å². The predicted octanol–water partition coefficient (Wildman–Crippen LogP) is 4.90. The number of nitro groups is 1. The van der Waals surface area contributed by atoms with Crippen molar-refractivity contribution in [2.24, 2.45) is 4.99 Å². The van der Waals surface area contributed by atoms with Gasteiger partial charge in [0.1, 0.15) is 5.69 Å². The number of carbonyl (C=O) groups excluding carboxylic acids is 1. The van der Waals surface area contributed by atoms with Crippen LogP contribution in [0.1, 0.15) is 24.1 Å². The van der Waals surface area contributed by atoms with Crippen LogP contribution < -0.4 is 19.6 Å². The third-order valence-corrected chi connectivity index (χ3v) is 9.28. The van der Waals surface area contributed by atoms with E-state index in [1.165, 1.54) is 42.3 Å². The van der Waals surface area contributed by atoms with E-state index < -0.39 is 16.9 Å². The van der Waals surface area contributed by atoms with E-state index in [0.29, 0.717) is 31.9 Å². The number of carbonyl (C=O) groups is 1. The third-order valence-electron chi connectivity index (χ3n) is 7.56. The van der Waals surface area contributed by atoms with Crippen LogP contribution in [0, 0.1) is 10.1 Å². The van der Waals surface area contributed by atoms with Gasteiger partial charge in [-0.2, -0.15) is 5.10 Å². The first-order valence-corrected chi connectivity index (χ1v) is 16.0.